The molecule has 21 heavy (non-hydrogen) atoms. The van der Waals surface area contributed by atoms with E-state index in [1.165, 1.54) is 12.8 Å². The highest BCUT2D eigenvalue weighted by atomic mass is 16.5. The van der Waals surface area contributed by atoms with Crippen LogP contribution in [-0.2, 0) is 11.3 Å². The van der Waals surface area contributed by atoms with Gasteiger partial charge < -0.3 is 14.8 Å². The number of pyridine rings is 1. The molecule has 0 spiro atoms. The van der Waals surface area contributed by atoms with Gasteiger partial charge in [0, 0.05) is 37.9 Å². The number of nitrogens with one attached hydrogen (secondary N) is 1. The third-order valence-electron chi connectivity index (χ3n) is 3.98. The van der Waals surface area contributed by atoms with Crippen LogP contribution in [0.2, 0.25) is 0 Å². The maximum atomic E-state index is 5.96. The molecule has 1 aliphatic heterocycles. The second-order valence-electron chi connectivity index (χ2n) is 5.86. The number of ether oxygens (including phenoxy) is 2. The molecule has 5 heteroatoms. The quantitative estimate of drug-likeness (QED) is 0.822. The minimum absolute atomic E-state index is 0.688. The molecule has 1 aliphatic carbocycles. The fourth-order valence-corrected chi connectivity index (χ4v) is 2.49. The smallest absolute Gasteiger partial charge is 0.142 e. The lowest BCUT2D eigenvalue weighted by Crippen LogP contribution is -2.38. The van der Waals surface area contributed by atoms with E-state index in [4.69, 9.17) is 9.47 Å². The first kappa shape index (κ1) is 14.8. The van der Waals surface area contributed by atoms with Gasteiger partial charge in [-0.25, -0.2) is 0 Å². The zero-order valence-electron chi connectivity index (χ0n) is 12.8. The summed E-state index contributed by atoms with van der Waals surface area (Å²) < 4.78 is 11.3. The monoisotopic (exact) mass is 291 g/mol. The Labute approximate surface area is 126 Å². The third kappa shape index (κ3) is 4.66. The molecule has 5 nitrogen and oxygen atoms in total. The summed E-state index contributed by atoms with van der Waals surface area (Å²) in [6.45, 7) is 8.17. The van der Waals surface area contributed by atoms with Crippen molar-refractivity contribution in [2.24, 2.45) is 0 Å². The minimum Gasteiger partial charge on any atom is -0.490 e. The predicted molar refractivity (Wildman–Crippen MR) is 81.6 cm³/mol. The molecular weight excluding hydrogens is 266 g/mol. The number of morpholine rings is 1. The standard InChI is InChI=1S/C16H25N3O2/c1-13-2-5-16(15(18-13)12-17-14-3-4-14)21-11-8-19-6-9-20-10-7-19/h2,5,14,17H,3-4,6-12H2,1H3. The predicted octanol–water partition coefficient (Wildman–Crippen LogP) is 1.35. The van der Waals surface area contributed by atoms with Crippen molar-refractivity contribution >= 4 is 0 Å². The first-order valence-corrected chi connectivity index (χ1v) is 7.94. The van der Waals surface area contributed by atoms with Crippen LogP contribution in [0.5, 0.6) is 5.75 Å². The van der Waals surface area contributed by atoms with Gasteiger partial charge in [0.05, 0.1) is 18.9 Å². The van der Waals surface area contributed by atoms with Gasteiger partial charge >= 0.3 is 0 Å². The van der Waals surface area contributed by atoms with Gasteiger partial charge in [0.25, 0.3) is 0 Å². The molecule has 0 atom stereocenters. The highest BCUT2D eigenvalue weighted by Crippen LogP contribution is 2.22. The first-order valence-electron chi connectivity index (χ1n) is 7.94. The zero-order valence-corrected chi connectivity index (χ0v) is 12.8. The fourth-order valence-electron chi connectivity index (χ4n) is 2.49. The summed E-state index contributed by atoms with van der Waals surface area (Å²) in [4.78, 5) is 7.00. The zero-order chi connectivity index (χ0) is 14.5. The molecule has 1 aromatic rings. The fraction of sp³-hybridized carbons (Fsp3) is 0.688. The lowest BCUT2D eigenvalue weighted by molar-refractivity contribution is 0.0321. The van der Waals surface area contributed by atoms with E-state index in [9.17, 15) is 0 Å². The molecule has 2 fully saturated rings. The summed E-state index contributed by atoms with van der Waals surface area (Å²) in [6.07, 6.45) is 2.58. The van der Waals surface area contributed by atoms with Crippen molar-refractivity contribution in [2.75, 3.05) is 39.5 Å². The molecule has 1 N–H and O–H groups in total. The van der Waals surface area contributed by atoms with Gasteiger partial charge in [-0.3, -0.25) is 9.88 Å². The summed E-state index contributed by atoms with van der Waals surface area (Å²) in [5, 5.41) is 3.51. The normalized spacial score (nSPS) is 19.7. The summed E-state index contributed by atoms with van der Waals surface area (Å²) >= 11 is 0. The average molecular weight is 291 g/mol. The Bertz CT molecular complexity index is 457. The molecular formula is C16H25N3O2. The molecule has 0 bridgehead atoms. The van der Waals surface area contributed by atoms with Crippen LogP contribution < -0.4 is 10.1 Å². The molecule has 0 amide bonds. The Morgan fingerprint density at radius 2 is 2.14 bits per heavy atom. The van der Waals surface area contributed by atoms with Crippen LogP contribution in [0.15, 0.2) is 12.1 Å². The SMILES string of the molecule is Cc1ccc(OCCN2CCOCC2)c(CNC2CC2)n1. The van der Waals surface area contributed by atoms with Gasteiger partial charge in [-0.2, -0.15) is 0 Å². The van der Waals surface area contributed by atoms with E-state index in [-0.39, 0.29) is 0 Å². The van der Waals surface area contributed by atoms with Gasteiger partial charge in [0.2, 0.25) is 0 Å². The molecule has 1 saturated carbocycles. The van der Waals surface area contributed by atoms with E-state index < -0.39 is 0 Å². The van der Waals surface area contributed by atoms with Crippen LogP contribution in [0, 0.1) is 6.92 Å². The van der Waals surface area contributed by atoms with Crippen LogP contribution in [-0.4, -0.2) is 55.4 Å². The van der Waals surface area contributed by atoms with E-state index in [0.717, 1.165) is 56.5 Å². The van der Waals surface area contributed by atoms with E-state index in [0.29, 0.717) is 12.6 Å². The van der Waals surface area contributed by atoms with Crippen molar-refractivity contribution in [3.8, 4) is 5.75 Å². The van der Waals surface area contributed by atoms with Crippen molar-refractivity contribution in [1.29, 1.82) is 0 Å². The summed E-state index contributed by atoms with van der Waals surface area (Å²) in [6, 6.07) is 4.75. The van der Waals surface area contributed by atoms with Crippen LogP contribution >= 0.6 is 0 Å². The highest BCUT2D eigenvalue weighted by Gasteiger charge is 2.21. The lowest BCUT2D eigenvalue weighted by Gasteiger charge is -2.26. The highest BCUT2D eigenvalue weighted by molar-refractivity contribution is 5.29. The van der Waals surface area contributed by atoms with Gasteiger partial charge in [-0.15, -0.1) is 0 Å². The third-order valence-corrected chi connectivity index (χ3v) is 3.98. The summed E-state index contributed by atoms with van der Waals surface area (Å²) in [5.74, 6) is 0.919. The number of aromatic nitrogens is 1. The van der Waals surface area contributed by atoms with Crippen molar-refractivity contribution in [3.05, 3.63) is 23.5 Å². The van der Waals surface area contributed by atoms with Crippen molar-refractivity contribution in [1.82, 2.24) is 15.2 Å². The minimum atomic E-state index is 0.688. The number of hydrogen-bond acceptors (Lipinski definition) is 5. The Hall–Kier alpha value is -1.17. The summed E-state index contributed by atoms with van der Waals surface area (Å²) in [5.41, 5.74) is 2.08. The molecule has 3 rings (SSSR count). The Morgan fingerprint density at radius 3 is 2.90 bits per heavy atom. The molecule has 2 aliphatic rings. The van der Waals surface area contributed by atoms with Crippen LogP contribution in [0.25, 0.3) is 0 Å². The van der Waals surface area contributed by atoms with E-state index in [2.05, 4.69) is 15.2 Å². The Kier molecular flexibility index (Phi) is 5.06. The maximum absolute atomic E-state index is 5.96. The molecule has 1 aromatic heterocycles. The number of rotatable bonds is 7. The van der Waals surface area contributed by atoms with E-state index in [1.54, 1.807) is 0 Å². The topological polar surface area (TPSA) is 46.6 Å². The molecule has 2 heterocycles. The summed E-state index contributed by atoms with van der Waals surface area (Å²) in [7, 11) is 0. The molecule has 0 radical (unpaired) electrons. The van der Waals surface area contributed by atoms with Crippen LogP contribution in [0.4, 0.5) is 0 Å². The molecule has 116 valence electrons. The Morgan fingerprint density at radius 1 is 1.33 bits per heavy atom. The largest absolute Gasteiger partial charge is 0.490 e. The van der Waals surface area contributed by atoms with Crippen LogP contribution in [0.3, 0.4) is 0 Å². The first-order chi connectivity index (χ1) is 10.3. The van der Waals surface area contributed by atoms with Gasteiger partial charge in [-0.1, -0.05) is 0 Å². The van der Waals surface area contributed by atoms with E-state index in [1.807, 2.05) is 19.1 Å². The number of hydrogen-bond donors (Lipinski definition) is 1. The maximum Gasteiger partial charge on any atom is 0.142 e. The van der Waals surface area contributed by atoms with Gasteiger partial charge in [-0.05, 0) is 31.9 Å². The van der Waals surface area contributed by atoms with Crippen molar-refractivity contribution in [2.45, 2.75) is 32.4 Å². The Balaban J connectivity index is 1.50. The van der Waals surface area contributed by atoms with Gasteiger partial charge in [0.15, 0.2) is 0 Å². The van der Waals surface area contributed by atoms with E-state index >= 15 is 0 Å². The second kappa shape index (κ2) is 7.20. The lowest BCUT2D eigenvalue weighted by atomic mass is 10.3. The molecule has 1 saturated heterocycles. The van der Waals surface area contributed by atoms with Gasteiger partial charge in [0.1, 0.15) is 12.4 Å². The molecule has 0 aromatic carbocycles. The van der Waals surface area contributed by atoms with Crippen molar-refractivity contribution < 1.29 is 9.47 Å². The number of aryl methyl sites for hydroxylation is 1. The molecule has 0 unspecified atom stereocenters. The van der Waals surface area contributed by atoms with Crippen LogP contribution in [0.1, 0.15) is 24.2 Å². The van der Waals surface area contributed by atoms with Crippen molar-refractivity contribution in [3.63, 3.8) is 0 Å². The second-order valence-corrected chi connectivity index (χ2v) is 5.86. The number of nitrogens with zero attached hydrogens (tertiary/aromatic N) is 2. The average Bonchev–Trinajstić information content (AvgIpc) is 3.32.